The summed E-state index contributed by atoms with van der Waals surface area (Å²) in [4.78, 5) is 25.3. The molecule has 2 fully saturated rings. The van der Waals surface area contributed by atoms with Gasteiger partial charge in [-0.2, -0.15) is 0 Å². The minimum atomic E-state index is -0.118. The van der Waals surface area contributed by atoms with E-state index in [-0.39, 0.29) is 24.0 Å². The average molecular weight is 281 g/mol. The Morgan fingerprint density at radius 3 is 2.85 bits per heavy atom. The molecule has 2 aliphatic rings. The van der Waals surface area contributed by atoms with Gasteiger partial charge in [0.2, 0.25) is 0 Å². The topological polar surface area (TPSA) is 46.6 Å². The maximum Gasteiger partial charge on any atom is 0.410 e. The molecule has 4 nitrogen and oxygen atoms in total. The lowest BCUT2D eigenvalue weighted by molar-refractivity contribution is -0.117. The molecule has 0 bridgehead atoms. The Balaban J connectivity index is 1.92. The highest BCUT2D eigenvalue weighted by Gasteiger charge is 2.40. The number of ketones is 1. The van der Waals surface area contributed by atoms with Crippen molar-refractivity contribution >= 4 is 11.9 Å². The van der Waals surface area contributed by atoms with Crippen LogP contribution >= 0.6 is 0 Å². The predicted molar refractivity (Wildman–Crippen MR) is 77.6 cm³/mol. The first-order valence-electron chi connectivity index (χ1n) is 8.10. The molecule has 2 heterocycles. The first-order chi connectivity index (χ1) is 9.61. The van der Waals surface area contributed by atoms with Gasteiger partial charge in [-0.25, -0.2) is 4.79 Å². The Hall–Kier alpha value is -1.06. The molecule has 114 valence electrons. The van der Waals surface area contributed by atoms with Crippen molar-refractivity contribution in [3.8, 4) is 0 Å². The van der Waals surface area contributed by atoms with Crippen LogP contribution in [0.2, 0.25) is 0 Å². The zero-order valence-electron chi connectivity index (χ0n) is 12.8. The first-order valence-corrected chi connectivity index (χ1v) is 8.10. The minimum Gasteiger partial charge on any atom is -0.446 e. The van der Waals surface area contributed by atoms with Crippen LogP contribution in [0.3, 0.4) is 0 Å². The van der Waals surface area contributed by atoms with Crippen LogP contribution in [0.25, 0.3) is 0 Å². The van der Waals surface area contributed by atoms with Gasteiger partial charge in [0.1, 0.15) is 11.9 Å². The number of cyclic esters (lactones) is 1. The van der Waals surface area contributed by atoms with Crippen molar-refractivity contribution in [2.45, 2.75) is 89.8 Å². The van der Waals surface area contributed by atoms with Gasteiger partial charge in [0, 0.05) is 24.9 Å². The van der Waals surface area contributed by atoms with Crippen LogP contribution in [-0.4, -0.2) is 35.0 Å². The van der Waals surface area contributed by atoms with Crippen molar-refractivity contribution in [3.05, 3.63) is 0 Å². The van der Waals surface area contributed by atoms with Crippen molar-refractivity contribution in [2.75, 3.05) is 0 Å². The van der Waals surface area contributed by atoms with Gasteiger partial charge >= 0.3 is 6.09 Å². The lowest BCUT2D eigenvalue weighted by Crippen LogP contribution is -2.55. The van der Waals surface area contributed by atoms with Crippen LogP contribution in [0.4, 0.5) is 4.79 Å². The zero-order valence-corrected chi connectivity index (χ0v) is 12.8. The molecule has 1 amide bonds. The lowest BCUT2D eigenvalue weighted by Gasteiger charge is -2.46. The van der Waals surface area contributed by atoms with Crippen LogP contribution in [0.1, 0.15) is 71.6 Å². The molecule has 0 radical (unpaired) electrons. The molecule has 20 heavy (non-hydrogen) atoms. The third kappa shape index (κ3) is 3.74. The number of Topliss-reactive ketones (excluding diaryl/α,β-unsaturated/α-hetero) is 1. The number of fused-ring (bicyclic) bond motifs is 1. The van der Waals surface area contributed by atoms with Crippen LogP contribution in [0, 0.1) is 0 Å². The quantitative estimate of drug-likeness (QED) is 0.746. The third-order valence-electron chi connectivity index (χ3n) is 4.55. The highest BCUT2D eigenvalue weighted by molar-refractivity contribution is 5.75. The fourth-order valence-electron chi connectivity index (χ4n) is 3.62. The van der Waals surface area contributed by atoms with Gasteiger partial charge in [0.05, 0.1) is 0 Å². The van der Waals surface area contributed by atoms with E-state index < -0.39 is 0 Å². The average Bonchev–Trinajstić information content (AvgIpc) is 2.38. The summed E-state index contributed by atoms with van der Waals surface area (Å²) in [6.45, 7) is 3.76. The number of piperidine rings is 1. The Morgan fingerprint density at radius 2 is 2.15 bits per heavy atom. The van der Waals surface area contributed by atoms with Gasteiger partial charge < -0.3 is 14.4 Å². The van der Waals surface area contributed by atoms with Crippen LogP contribution in [0.5, 0.6) is 0 Å². The summed E-state index contributed by atoms with van der Waals surface area (Å²) in [5.41, 5.74) is 0. The van der Waals surface area contributed by atoms with E-state index in [0.29, 0.717) is 12.5 Å². The molecule has 0 aromatic rings. The molecule has 4 heteroatoms. The maximum absolute atomic E-state index is 12.3. The lowest BCUT2D eigenvalue weighted by atomic mass is 9.88. The van der Waals surface area contributed by atoms with Gasteiger partial charge in [0.15, 0.2) is 0 Å². The Morgan fingerprint density at radius 1 is 1.35 bits per heavy atom. The predicted octanol–water partition coefficient (Wildman–Crippen LogP) is 3.68. The smallest absolute Gasteiger partial charge is 0.410 e. The van der Waals surface area contributed by atoms with Gasteiger partial charge in [-0.05, 0) is 45.4 Å². The summed E-state index contributed by atoms with van der Waals surface area (Å²) in [6, 6.07) is 0.645. The molecule has 0 aliphatic carbocycles. The molecule has 0 aromatic heterocycles. The Labute approximate surface area is 121 Å². The van der Waals surface area contributed by atoms with E-state index in [0.717, 1.165) is 44.9 Å². The number of carbonyl (C=O) groups excluding carboxylic acids is 2. The van der Waals surface area contributed by atoms with Crippen LogP contribution in [0.15, 0.2) is 0 Å². The largest absolute Gasteiger partial charge is 0.446 e. The van der Waals surface area contributed by atoms with E-state index in [4.69, 9.17) is 4.74 Å². The standard InChI is InChI=1S/C16H27NO3/c1-3-6-15-11-14-10-5-9-13(8-4-7-12(2)18)17(14)16(19)20-15/h13-15H,3-11H2,1-2H3/t13-,14+,15+/m1/s1. The highest BCUT2D eigenvalue weighted by Crippen LogP contribution is 2.34. The fourth-order valence-corrected chi connectivity index (χ4v) is 3.62. The van der Waals surface area contributed by atoms with Gasteiger partial charge in [-0.1, -0.05) is 13.3 Å². The number of nitrogens with zero attached hydrogens (tertiary/aromatic N) is 1. The van der Waals surface area contributed by atoms with E-state index in [1.165, 1.54) is 6.42 Å². The molecule has 2 saturated heterocycles. The number of carbonyl (C=O) groups is 2. The SMILES string of the molecule is CCC[C@H]1C[C@@H]2CCC[C@@H](CCCC(C)=O)N2C(=O)O1. The number of rotatable bonds is 6. The van der Waals surface area contributed by atoms with Crippen molar-refractivity contribution in [1.29, 1.82) is 0 Å². The second kappa shape index (κ2) is 7.09. The van der Waals surface area contributed by atoms with Crippen LogP contribution < -0.4 is 0 Å². The summed E-state index contributed by atoms with van der Waals surface area (Å²) in [7, 11) is 0. The summed E-state index contributed by atoms with van der Waals surface area (Å²) in [5, 5.41) is 0. The number of hydrogen-bond acceptors (Lipinski definition) is 3. The van der Waals surface area contributed by atoms with E-state index in [1.54, 1.807) is 6.92 Å². The summed E-state index contributed by atoms with van der Waals surface area (Å²) in [6.07, 6.45) is 8.83. The molecular weight excluding hydrogens is 254 g/mol. The fraction of sp³-hybridized carbons (Fsp3) is 0.875. The molecule has 0 aromatic carbocycles. The maximum atomic E-state index is 12.3. The number of hydrogen-bond donors (Lipinski definition) is 0. The highest BCUT2D eigenvalue weighted by atomic mass is 16.6. The summed E-state index contributed by atoms with van der Waals surface area (Å²) in [5.74, 6) is 0.238. The summed E-state index contributed by atoms with van der Waals surface area (Å²) < 4.78 is 5.57. The van der Waals surface area contributed by atoms with Crippen molar-refractivity contribution in [1.82, 2.24) is 4.90 Å². The molecular formula is C16H27NO3. The third-order valence-corrected chi connectivity index (χ3v) is 4.55. The van der Waals surface area contributed by atoms with Gasteiger partial charge in [0.25, 0.3) is 0 Å². The summed E-state index contributed by atoms with van der Waals surface area (Å²) >= 11 is 0. The van der Waals surface area contributed by atoms with Crippen LogP contribution in [-0.2, 0) is 9.53 Å². The van der Waals surface area contributed by atoms with E-state index in [2.05, 4.69) is 6.92 Å². The molecule has 2 rings (SSSR count). The molecule has 0 spiro atoms. The van der Waals surface area contributed by atoms with Crippen molar-refractivity contribution in [3.63, 3.8) is 0 Å². The molecule has 0 saturated carbocycles. The molecule has 0 unspecified atom stereocenters. The molecule has 0 N–H and O–H groups in total. The number of ether oxygens (including phenoxy) is 1. The second-order valence-electron chi connectivity index (χ2n) is 6.27. The Kier molecular flexibility index (Phi) is 5.44. The van der Waals surface area contributed by atoms with Crippen molar-refractivity contribution < 1.29 is 14.3 Å². The van der Waals surface area contributed by atoms with E-state index in [1.807, 2.05) is 4.90 Å². The van der Waals surface area contributed by atoms with Crippen molar-refractivity contribution in [2.24, 2.45) is 0 Å². The normalized spacial score (nSPS) is 29.8. The number of amides is 1. The monoisotopic (exact) mass is 281 g/mol. The van der Waals surface area contributed by atoms with Gasteiger partial charge in [-0.3, -0.25) is 0 Å². The van der Waals surface area contributed by atoms with E-state index in [9.17, 15) is 9.59 Å². The van der Waals surface area contributed by atoms with Gasteiger partial charge in [-0.15, -0.1) is 0 Å². The molecule has 2 aliphatic heterocycles. The second-order valence-corrected chi connectivity index (χ2v) is 6.27. The molecule has 3 atom stereocenters. The zero-order chi connectivity index (χ0) is 14.5. The van der Waals surface area contributed by atoms with E-state index >= 15 is 0 Å². The minimum absolute atomic E-state index is 0.115. The first kappa shape index (κ1) is 15.3. The Bertz CT molecular complexity index is 356.